The second-order valence-corrected chi connectivity index (χ2v) is 4.26. The van der Waals surface area contributed by atoms with Gasteiger partial charge in [-0.25, -0.2) is 4.98 Å². The van der Waals surface area contributed by atoms with Crippen LogP contribution in [-0.2, 0) is 16.0 Å². The third-order valence-electron chi connectivity index (χ3n) is 1.92. The molecule has 0 unspecified atom stereocenters. The molecule has 0 aliphatic heterocycles. The molecule has 1 aromatic heterocycles. The number of halogens is 2. The first-order valence-corrected chi connectivity index (χ1v) is 5.97. The zero-order valence-corrected chi connectivity index (χ0v) is 11.1. The van der Waals surface area contributed by atoms with E-state index in [4.69, 9.17) is 22.1 Å². The van der Waals surface area contributed by atoms with Crippen LogP contribution in [0, 0.1) is 0 Å². The minimum atomic E-state index is -0.255. The first-order chi connectivity index (χ1) is 7.54. The van der Waals surface area contributed by atoms with Gasteiger partial charge in [0.25, 0.3) is 0 Å². The highest BCUT2D eigenvalue weighted by atomic mass is 79.9. The highest BCUT2D eigenvalue weighted by molar-refractivity contribution is 9.10. The Labute approximate surface area is 107 Å². The summed E-state index contributed by atoms with van der Waals surface area (Å²) in [5, 5.41) is 0.456. The second-order valence-electron chi connectivity index (χ2n) is 3.10. The number of ether oxygens (including phenoxy) is 1. The van der Waals surface area contributed by atoms with E-state index in [2.05, 4.69) is 20.9 Å². The van der Waals surface area contributed by atoms with E-state index >= 15 is 0 Å². The summed E-state index contributed by atoms with van der Waals surface area (Å²) in [5.74, 6) is -0.255. The monoisotopic (exact) mass is 306 g/mol. The van der Waals surface area contributed by atoms with Crippen molar-refractivity contribution >= 4 is 39.2 Å². The van der Waals surface area contributed by atoms with Crippen LogP contribution in [0.25, 0.3) is 0 Å². The molecule has 0 atom stereocenters. The SMILES string of the molecule is CCOC(=O)CCc1nc(Br)c(Cl)cc1N. The molecule has 16 heavy (non-hydrogen) atoms. The van der Waals surface area contributed by atoms with Gasteiger partial charge in [0, 0.05) is 6.42 Å². The molecule has 0 fully saturated rings. The van der Waals surface area contributed by atoms with Gasteiger partial charge in [-0.3, -0.25) is 4.79 Å². The molecule has 0 bridgehead atoms. The van der Waals surface area contributed by atoms with Crippen LogP contribution in [0.2, 0.25) is 5.02 Å². The van der Waals surface area contributed by atoms with Crippen molar-refractivity contribution in [1.82, 2.24) is 4.98 Å². The average molecular weight is 308 g/mol. The summed E-state index contributed by atoms with van der Waals surface area (Å²) in [6.45, 7) is 2.15. The van der Waals surface area contributed by atoms with Gasteiger partial charge in [0.05, 0.1) is 29.4 Å². The molecule has 4 nitrogen and oxygen atoms in total. The first-order valence-electron chi connectivity index (χ1n) is 4.80. The Bertz CT molecular complexity index is 399. The number of rotatable bonds is 4. The van der Waals surface area contributed by atoms with Crippen molar-refractivity contribution in [3.05, 3.63) is 21.4 Å². The Morgan fingerprint density at radius 2 is 2.38 bits per heavy atom. The van der Waals surface area contributed by atoms with Gasteiger partial charge in [-0.2, -0.15) is 0 Å². The van der Waals surface area contributed by atoms with E-state index in [-0.39, 0.29) is 12.4 Å². The van der Waals surface area contributed by atoms with Crippen LogP contribution >= 0.6 is 27.5 Å². The maximum Gasteiger partial charge on any atom is 0.306 e. The third kappa shape index (κ3) is 3.64. The molecule has 2 N–H and O–H groups in total. The van der Waals surface area contributed by atoms with Gasteiger partial charge in [0.1, 0.15) is 4.60 Å². The molecule has 0 aliphatic carbocycles. The average Bonchev–Trinajstić information content (AvgIpc) is 2.22. The van der Waals surface area contributed by atoms with Crippen LogP contribution in [0.4, 0.5) is 5.69 Å². The smallest absolute Gasteiger partial charge is 0.306 e. The molecule has 1 rings (SSSR count). The van der Waals surface area contributed by atoms with E-state index in [9.17, 15) is 4.79 Å². The highest BCUT2D eigenvalue weighted by Crippen LogP contribution is 2.25. The number of aromatic nitrogens is 1. The zero-order chi connectivity index (χ0) is 12.1. The minimum Gasteiger partial charge on any atom is -0.466 e. The molecule has 0 aliphatic rings. The Morgan fingerprint density at radius 3 is 3.00 bits per heavy atom. The maximum atomic E-state index is 11.2. The van der Waals surface area contributed by atoms with Gasteiger partial charge in [0.2, 0.25) is 0 Å². The molecule has 6 heteroatoms. The maximum absolute atomic E-state index is 11.2. The van der Waals surface area contributed by atoms with Crippen molar-refractivity contribution in [3.8, 4) is 0 Å². The van der Waals surface area contributed by atoms with Gasteiger partial charge in [-0.15, -0.1) is 0 Å². The molecule has 0 aromatic carbocycles. The van der Waals surface area contributed by atoms with Crippen molar-refractivity contribution in [1.29, 1.82) is 0 Å². The number of carbonyl (C=O) groups is 1. The molecular formula is C10H12BrClN2O2. The van der Waals surface area contributed by atoms with E-state index in [1.807, 2.05) is 0 Å². The number of aryl methyl sites for hydroxylation is 1. The Kier molecular flexibility index (Phi) is 5.02. The lowest BCUT2D eigenvalue weighted by Gasteiger charge is -2.06. The van der Waals surface area contributed by atoms with Gasteiger partial charge >= 0.3 is 5.97 Å². The number of anilines is 1. The fourth-order valence-electron chi connectivity index (χ4n) is 1.17. The highest BCUT2D eigenvalue weighted by Gasteiger charge is 2.09. The van der Waals surface area contributed by atoms with E-state index in [1.165, 1.54) is 0 Å². The van der Waals surface area contributed by atoms with Crippen LogP contribution in [0.1, 0.15) is 19.0 Å². The van der Waals surface area contributed by atoms with Crippen molar-refractivity contribution < 1.29 is 9.53 Å². The first kappa shape index (κ1) is 13.3. The van der Waals surface area contributed by atoms with Crippen LogP contribution in [-0.4, -0.2) is 17.6 Å². The molecule has 0 spiro atoms. The van der Waals surface area contributed by atoms with Crippen LogP contribution < -0.4 is 5.73 Å². The van der Waals surface area contributed by atoms with Crippen molar-refractivity contribution in [3.63, 3.8) is 0 Å². The van der Waals surface area contributed by atoms with Crippen LogP contribution in [0.15, 0.2) is 10.7 Å². The number of nitrogens with two attached hydrogens (primary N) is 1. The summed E-state index contributed by atoms with van der Waals surface area (Å²) < 4.78 is 5.34. The van der Waals surface area contributed by atoms with Gasteiger partial charge < -0.3 is 10.5 Å². The third-order valence-corrected chi connectivity index (χ3v) is 3.04. The van der Waals surface area contributed by atoms with Gasteiger partial charge in [-0.1, -0.05) is 11.6 Å². The van der Waals surface area contributed by atoms with E-state index < -0.39 is 0 Å². The number of pyridine rings is 1. The molecule has 88 valence electrons. The summed E-state index contributed by atoms with van der Waals surface area (Å²) >= 11 is 9.02. The number of hydrogen-bond donors (Lipinski definition) is 1. The van der Waals surface area contributed by atoms with Crippen LogP contribution in [0.5, 0.6) is 0 Å². The largest absolute Gasteiger partial charge is 0.466 e. The van der Waals surface area contributed by atoms with Crippen LogP contribution in [0.3, 0.4) is 0 Å². The number of nitrogens with zero attached hydrogens (tertiary/aromatic N) is 1. The predicted octanol–water partition coefficient (Wildman–Crippen LogP) is 2.58. The van der Waals surface area contributed by atoms with Gasteiger partial charge in [-0.05, 0) is 28.9 Å². The molecule has 0 amide bonds. The minimum absolute atomic E-state index is 0.255. The summed E-state index contributed by atoms with van der Waals surface area (Å²) in [5.41, 5.74) is 6.86. The summed E-state index contributed by atoms with van der Waals surface area (Å²) in [6, 6.07) is 1.61. The Balaban J connectivity index is 2.67. The number of carbonyl (C=O) groups excluding carboxylic acids is 1. The Hall–Kier alpha value is -0.810. The topological polar surface area (TPSA) is 65.2 Å². The normalized spacial score (nSPS) is 10.2. The van der Waals surface area contributed by atoms with Gasteiger partial charge in [0.15, 0.2) is 0 Å². The van der Waals surface area contributed by atoms with Crippen molar-refractivity contribution in [2.45, 2.75) is 19.8 Å². The summed E-state index contributed by atoms with van der Waals surface area (Å²) in [7, 11) is 0. The summed E-state index contributed by atoms with van der Waals surface area (Å²) in [6.07, 6.45) is 0.708. The standard InChI is InChI=1S/C10H12BrClN2O2/c1-2-16-9(15)4-3-8-7(13)5-6(12)10(11)14-8/h5H,2-4,13H2,1H3. The molecule has 0 saturated heterocycles. The number of esters is 1. The van der Waals surface area contributed by atoms with Crippen molar-refractivity contribution in [2.75, 3.05) is 12.3 Å². The lowest BCUT2D eigenvalue weighted by atomic mass is 10.2. The molecule has 1 heterocycles. The predicted molar refractivity (Wildman–Crippen MR) is 66.3 cm³/mol. The van der Waals surface area contributed by atoms with E-state index in [0.717, 1.165) is 0 Å². The zero-order valence-electron chi connectivity index (χ0n) is 8.80. The molecule has 1 aromatic rings. The second kappa shape index (κ2) is 6.06. The lowest BCUT2D eigenvalue weighted by Crippen LogP contribution is -2.07. The summed E-state index contributed by atoms with van der Waals surface area (Å²) in [4.78, 5) is 15.3. The Morgan fingerprint density at radius 1 is 1.69 bits per heavy atom. The molecule has 0 radical (unpaired) electrons. The number of nitrogen functional groups attached to an aromatic ring is 1. The fourth-order valence-corrected chi connectivity index (χ4v) is 1.66. The molecule has 0 saturated carbocycles. The number of hydrogen-bond acceptors (Lipinski definition) is 4. The van der Waals surface area contributed by atoms with E-state index in [1.54, 1.807) is 13.0 Å². The quantitative estimate of drug-likeness (QED) is 0.686. The van der Waals surface area contributed by atoms with E-state index in [0.29, 0.717) is 34.0 Å². The fraction of sp³-hybridized carbons (Fsp3) is 0.400. The molecular weight excluding hydrogens is 295 g/mol. The van der Waals surface area contributed by atoms with Crippen molar-refractivity contribution in [2.24, 2.45) is 0 Å². The lowest BCUT2D eigenvalue weighted by molar-refractivity contribution is -0.143.